The van der Waals surface area contributed by atoms with E-state index in [1.165, 1.54) is 33.1 Å². The monoisotopic (exact) mass is 306 g/mol. The van der Waals surface area contributed by atoms with Crippen LogP contribution in [0.15, 0.2) is 22.7 Å². The van der Waals surface area contributed by atoms with Crippen LogP contribution in [0.5, 0.6) is 0 Å². The third-order valence-corrected chi connectivity index (χ3v) is 4.93. The van der Waals surface area contributed by atoms with Crippen LogP contribution in [-0.2, 0) is 13.5 Å². The number of nitrogens with zero attached hydrogens (tertiary/aromatic N) is 1. The third-order valence-electron chi connectivity index (χ3n) is 4.10. The number of nitrogens with one attached hydrogen (secondary N) is 1. The molecular formula is C15H19BrN2. The highest BCUT2D eigenvalue weighted by molar-refractivity contribution is 9.10. The smallest absolute Gasteiger partial charge is 0.0491 e. The molecule has 0 bridgehead atoms. The molecule has 1 aliphatic heterocycles. The SMILES string of the molecule is CCc1ccc2c(c1)c(Br)c(C1CCNC1)n2C. The van der Waals surface area contributed by atoms with E-state index < -0.39 is 0 Å². The molecule has 1 atom stereocenters. The number of hydrogen-bond acceptors (Lipinski definition) is 1. The zero-order valence-electron chi connectivity index (χ0n) is 11.0. The van der Waals surface area contributed by atoms with Crippen molar-refractivity contribution in [1.82, 2.24) is 9.88 Å². The Kier molecular flexibility index (Phi) is 3.20. The average molecular weight is 307 g/mol. The van der Waals surface area contributed by atoms with Gasteiger partial charge in [0.1, 0.15) is 0 Å². The first-order chi connectivity index (χ1) is 8.72. The van der Waals surface area contributed by atoms with E-state index in [2.05, 4.69) is 58.0 Å². The van der Waals surface area contributed by atoms with E-state index in [9.17, 15) is 0 Å². The van der Waals surface area contributed by atoms with Crippen molar-refractivity contribution < 1.29 is 0 Å². The fourth-order valence-electron chi connectivity index (χ4n) is 3.03. The Bertz CT molecular complexity index is 580. The summed E-state index contributed by atoms with van der Waals surface area (Å²) in [5.41, 5.74) is 4.19. The zero-order chi connectivity index (χ0) is 12.7. The molecular weight excluding hydrogens is 288 g/mol. The standard InChI is InChI=1S/C15H19BrN2/c1-3-10-4-5-13-12(8-10)14(16)15(18(13)2)11-6-7-17-9-11/h4-5,8,11,17H,3,6-7,9H2,1-2H3. The van der Waals surface area contributed by atoms with Gasteiger partial charge in [0, 0.05) is 40.6 Å². The van der Waals surface area contributed by atoms with Crippen LogP contribution in [0.25, 0.3) is 10.9 Å². The zero-order valence-corrected chi connectivity index (χ0v) is 12.5. The average Bonchev–Trinajstić information content (AvgIpc) is 2.98. The lowest BCUT2D eigenvalue weighted by Gasteiger charge is -2.11. The van der Waals surface area contributed by atoms with Crippen molar-refractivity contribution >= 4 is 26.8 Å². The second-order valence-corrected chi connectivity index (χ2v) is 5.95. The van der Waals surface area contributed by atoms with E-state index in [4.69, 9.17) is 0 Å². The highest BCUT2D eigenvalue weighted by Gasteiger charge is 2.24. The normalized spacial score (nSPS) is 19.8. The molecule has 0 radical (unpaired) electrons. The minimum absolute atomic E-state index is 0.641. The Morgan fingerprint density at radius 1 is 1.44 bits per heavy atom. The van der Waals surface area contributed by atoms with Crippen LogP contribution in [0.1, 0.15) is 30.5 Å². The number of benzene rings is 1. The summed E-state index contributed by atoms with van der Waals surface area (Å²) in [7, 11) is 2.19. The Labute approximate surface area is 116 Å². The molecule has 0 amide bonds. The first-order valence-corrected chi connectivity index (χ1v) is 7.49. The molecule has 96 valence electrons. The Morgan fingerprint density at radius 3 is 2.94 bits per heavy atom. The summed E-state index contributed by atoms with van der Waals surface area (Å²) >= 11 is 3.83. The molecule has 3 heteroatoms. The van der Waals surface area contributed by atoms with Crippen LogP contribution < -0.4 is 5.32 Å². The molecule has 1 aromatic heterocycles. The highest BCUT2D eigenvalue weighted by Crippen LogP contribution is 2.37. The lowest BCUT2D eigenvalue weighted by Crippen LogP contribution is -2.10. The van der Waals surface area contributed by atoms with Crippen molar-refractivity contribution in [2.75, 3.05) is 13.1 Å². The maximum atomic E-state index is 3.83. The molecule has 0 aliphatic carbocycles. The molecule has 0 saturated carbocycles. The van der Waals surface area contributed by atoms with Gasteiger partial charge in [0.25, 0.3) is 0 Å². The number of hydrogen-bond donors (Lipinski definition) is 1. The summed E-state index contributed by atoms with van der Waals surface area (Å²) in [6.45, 7) is 4.45. The third kappa shape index (κ3) is 1.81. The summed E-state index contributed by atoms with van der Waals surface area (Å²) in [4.78, 5) is 0. The van der Waals surface area contributed by atoms with Crippen molar-refractivity contribution in [3.63, 3.8) is 0 Å². The molecule has 1 N–H and O–H groups in total. The van der Waals surface area contributed by atoms with Gasteiger partial charge in [-0.15, -0.1) is 0 Å². The fourth-order valence-corrected chi connectivity index (χ4v) is 3.93. The van der Waals surface area contributed by atoms with Gasteiger partial charge in [0.2, 0.25) is 0 Å². The quantitative estimate of drug-likeness (QED) is 0.897. The Hall–Kier alpha value is -0.800. The predicted octanol–water partition coefficient (Wildman–Crippen LogP) is 3.58. The number of halogens is 1. The molecule has 3 rings (SSSR count). The van der Waals surface area contributed by atoms with Crippen LogP contribution in [0.2, 0.25) is 0 Å². The summed E-state index contributed by atoms with van der Waals surface area (Å²) in [6.07, 6.45) is 2.33. The van der Waals surface area contributed by atoms with Crippen LogP contribution in [0.4, 0.5) is 0 Å². The number of fused-ring (bicyclic) bond motifs is 1. The van der Waals surface area contributed by atoms with Gasteiger partial charge in [0.05, 0.1) is 0 Å². The lowest BCUT2D eigenvalue weighted by molar-refractivity contribution is 0.690. The minimum Gasteiger partial charge on any atom is -0.346 e. The minimum atomic E-state index is 0.641. The summed E-state index contributed by atoms with van der Waals surface area (Å²) in [5, 5.41) is 4.82. The van der Waals surface area contributed by atoms with Gasteiger partial charge in [-0.1, -0.05) is 13.0 Å². The van der Waals surface area contributed by atoms with Gasteiger partial charge in [-0.05, 0) is 53.0 Å². The molecule has 1 aromatic carbocycles. The summed E-state index contributed by atoms with van der Waals surface area (Å²) < 4.78 is 3.65. The van der Waals surface area contributed by atoms with Crippen molar-refractivity contribution in [1.29, 1.82) is 0 Å². The molecule has 2 heterocycles. The second kappa shape index (κ2) is 4.71. The van der Waals surface area contributed by atoms with E-state index in [0.717, 1.165) is 19.5 Å². The van der Waals surface area contributed by atoms with Crippen molar-refractivity contribution in [2.24, 2.45) is 7.05 Å². The maximum Gasteiger partial charge on any atom is 0.0491 e. The van der Waals surface area contributed by atoms with Crippen LogP contribution in [-0.4, -0.2) is 17.7 Å². The molecule has 18 heavy (non-hydrogen) atoms. The van der Waals surface area contributed by atoms with E-state index in [1.54, 1.807) is 0 Å². The predicted molar refractivity (Wildman–Crippen MR) is 80.2 cm³/mol. The lowest BCUT2D eigenvalue weighted by atomic mass is 10.0. The Morgan fingerprint density at radius 2 is 2.28 bits per heavy atom. The molecule has 2 nitrogen and oxygen atoms in total. The maximum absolute atomic E-state index is 3.83. The van der Waals surface area contributed by atoms with Crippen LogP contribution in [0, 0.1) is 0 Å². The molecule has 1 unspecified atom stereocenters. The number of aromatic nitrogens is 1. The van der Waals surface area contributed by atoms with Gasteiger partial charge in [-0.2, -0.15) is 0 Å². The van der Waals surface area contributed by atoms with Crippen molar-refractivity contribution in [3.05, 3.63) is 33.9 Å². The van der Waals surface area contributed by atoms with Gasteiger partial charge in [0.15, 0.2) is 0 Å². The largest absolute Gasteiger partial charge is 0.346 e. The van der Waals surface area contributed by atoms with Gasteiger partial charge in [-0.3, -0.25) is 0 Å². The molecule has 2 aromatic rings. The van der Waals surface area contributed by atoms with Crippen molar-refractivity contribution in [2.45, 2.75) is 25.7 Å². The van der Waals surface area contributed by atoms with Gasteiger partial charge < -0.3 is 9.88 Å². The summed E-state index contributed by atoms with van der Waals surface area (Å²) in [6, 6.07) is 6.82. The highest BCUT2D eigenvalue weighted by atomic mass is 79.9. The van der Waals surface area contributed by atoms with E-state index in [0.29, 0.717) is 5.92 Å². The van der Waals surface area contributed by atoms with Crippen LogP contribution in [0.3, 0.4) is 0 Å². The van der Waals surface area contributed by atoms with E-state index in [-0.39, 0.29) is 0 Å². The Balaban J connectivity index is 2.20. The van der Waals surface area contributed by atoms with Gasteiger partial charge in [-0.25, -0.2) is 0 Å². The first-order valence-electron chi connectivity index (χ1n) is 6.69. The van der Waals surface area contributed by atoms with Crippen LogP contribution >= 0.6 is 15.9 Å². The fraction of sp³-hybridized carbons (Fsp3) is 0.467. The molecule has 1 saturated heterocycles. The second-order valence-electron chi connectivity index (χ2n) is 5.15. The summed E-state index contributed by atoms with van der Waals surface area (Å²) in [5.74, 6) is 0.641. The molecule has 0 spiro atoms. The molecule has 1 aliphatic rings. The number of aryl methyl sites for hydroxylation is 2. The molecule has 1 fully saturated rings. The van der Waals surface area contributed by atoms with Crippen molar-refractivity contribution in [3.8, 4) is 0 Å². The van der Waals surface area contributed by atoms with E-state index >= 15 is 0 Å². The number of rotatable bonds is 2. The topological polar surface area (TPSA) is 17.0 Å². The first kappa shape index (κ1) is 12.2. The van der Waals surface area contributed by atoms with Gasteiger partial charge >= 0.3 is 0 Å². The van der Waals surface area contributed by atoms with E-state index in [1.807, 2.05) is 0 Å².